The molecule has 0 aliphatic rings. The van der Waals surface area contributed by atoms with Gasteiger partial charge in [-0.15, -0.1) is 0 Å². The molecule has 20 heavy (non-hydrogen) atoms. The Labute approximate surface area is 115 Å². The summed E-state index contributed by atoms with van der Waals surface area (Å²) in [5, 5.41) is 45.1. The van der Waals surface area contributed by atoms with E-state index in [1.54, 1.807) is 12.1 Å². The van der Waals surface area contributed by atoms with Crippen molar-refractivity contribution < 1.29 is 35.1 Å². The molecule has 0 saturated carbocycles. The highest BCUT2D eigenvalue weighted by Crippen LogP contribution is 2.25. The molecule has 0 heterocycles. The van der Waals surface area contributed by atoms with Crippen LogP contribution in [0.5, 0.6) is 11.5 Å². The summed E-state index contributed by atoms with van der Waals surface area (Å²) >= 11 is 0. The number of hydrogen-bond acceptors (Lipinski definition) is 6. The van der Waals surface area contributed by atoms with Crippen molar-refractivity contribution in [3.63, 3.8) is 0 Å². The normalized spacial score (nSPS) is 14.3. The van der Waals surface area contributed by atoms with Crippen molar-refractivity contribution in [3.05, 3.63) is 29.8 Å². The minimum Gasteiger partial charge on any atom is -0.504 e. The molecule has 1 aromatic carbocycles. The van der Waals surface area contributed by atoms with Gasteiger partial charge >= 0.3 is 5.97 Å². The second-order valence-electron chi connectivity index (χ2n) is 3.99. The van der Waals surface area contributed by atoms with Gasteiger partial charge in [-0.3, -0.25) is 0 Å². The van der Waals surface area contributed by atoms with Crippen molar-refractivity contribution in [1.82, 2.24) is 0 Å². The van der Waals surface area contributed by atoms with E-state index in [0.29, 0.717) is 5.56 Å². The number of benzene rings is 1. The zero-order valence-electron chi connectivity index (χ0n) is 10.5. The minimum absolute atomic E-state index is 0.0306. The molecule has 2 atom stereocenters. The van der Waals surface area contributed by atoms with Crippen molar-refractivity contribution in [2.24, 2.45) is 0 Å². The molecule has 0 fully saturated rings. The first kappa shape index (κ1) is 16.0. The highest BCUT2D eigenvalue weighted by atomic mass is 16.5. The van der Waals surface area contributed by atoms with Crippen LogP contribution in [0.3, 0.4) is 0 Å². The van der Waals surface area contributed by atoms with E-state index >= 15 is 0 Å². The first-order valence-electron chi connectivity index (χ1n) is 5.77. The summed E-state index contributed by atoms with van der Waals surface area (Å²) in [5.41, 5.74) is 0.600. The Balaban J connectivity index is 2.52. The third kappa shape index (κ3) is 4.54. The predicted octanol–water partition coefficient (Wildman–Crippen LogP) is -0.0660. The molecule has 0 radical (unpaired) electrons. The SMILES string of the molecule is O=C(O)[C@@H](O)[C@@H](CO)OC/C=C/c1ccc(O)c(O)c1. The molecule has 7 heteroatoms. The summed E-state index contributed by atoms with van der Waals surface area (Å²) in [7, 11) is 0. The van der Waals surface area contributed by atoms with Crippen LogP contribution in [0, 0.1) is 0 Å². The predicted molar refractivity (Wildman–Crippen MR) is 69.3 cm³/mol. The molecular weight excluding hydrogens is 268 g/mol. The van der Waals surface area contributed by atoms with Crippen LogP contribution >= 0.6 is 0 Å². The fraction of sp³-hybridized carbons (Fsp3) is 0.308. The molecule has 7 nitrogen and oxygen atoms in total. The average Bonchev–Trinajstić information content (AvgIpc) is 2.42. The van der Waals surface area contributed by atoms with Gasteiger partial charge in [-0.25, -0.2) is 4.79 Å². The third-order valence-electron chi connectivity index (χ3n) is 2.50. The van der Waals surface area contributed by atoms with Gasteiger partial charge in [-0.2, -0.15) is 0 Å². The quantitative estimate of drug-likeness (QED) is 0.443. The average molecular weight is 284 g/mol. The zero-order valence-corrected chi connectivity index (χ0v) is 10.5. The van der Waals surface area contributed by atoms with Crippen molar-refractivity contribution in [1.29, 1.82) is 0 Å². The number of carboxylic acids is 1. The number of carbonyl (C=O) groups is 1. The van der Waals surface area contributed by atoms with Crippen LogP contribution in [-0.4, -0.2) is 56.9 Å². The molecule has 0 amide bonds. The number of carboxylic acid groups (broad SMARTS) is 1. The number of phenolic OH excluding ortho intramolecular Hbond substituents is 2. The summed E-state index contributed by atoms with van der Waals surface area (Å²) in [6, 6.07) is 4.21. The largest absolute Gasteiger partial charge is 0.504 e. The van der Waals surface area contributed by atoms with Crippen molar-refractivity contribution >= 4 is 12.0 Å². The Morgan fingerprint density at radius 3 is 2.55 bits per heavy atom. The van der Waals surface area contributed by atoms with Crippen LogP contribution in [0.2, 0.25) is 0 Å². The maximum Gasteiger partial charge on any atom is 0.335 e. The van der Waals surface area contributed by atoms with Crippen molar-refractivity contribution in [2.45, 2.75) is 12.2 Å². The Morgan fingerprint density at radius 2 is 2.00 bits per heavy atom. The number of phenols is 2. The number of ether oxygens (including phenoxy) is 1. The topological polar surface area (TPSA) is 127 Å². The van der Waals surface area contributed by atoms with E-state index in [1.165, 1.54) is 18.2 Å². The molecule has 0 aliphatic carbocycles. The maximum absolute atomic E-state index is 10.5. The highest BCUT2D eigenvalue weighted by molar-refractivity contribution is 5.72. The van der Waals surface area contributed by atoms with Crippen molar-refractivity contribution in [3.8, 4) is 11.5 Å². The second-order valence-corrected chi connectivity index (χ2v) is 3.99. The van der Waals surface area contributed by atoms with Crippen molar-refractivity contribution in [2.75, 3.05) is 13.2 Å². The first-order valence-corrected chi connectivity index (χ1v) is 5.77. The summed E-state index contributed by atoms with van der Waals surface area (Å²) in [5.74, 6) is -1.97. The van der Waals surface area contributed by atoms with Crippen LogP contribution < -0.4 is 0 Å². The summed E-state index contributed by atoms with van der Waals surface area (Å²) in [6.07, 6.45) is 0.0700. The Kier molecular flexibility index (Phi) is 5.98. The Morgan fingerprint density at radius 1 is 1.30 bits per heavy atom. The molecule has 0 aliphatic heterocycles. The molecule has 0 saturated heterocycles. The number of aliphatic hydroxyl groups is 2. The lowest BCUT2D eigenvalue weighted by atomic mass is 10.2. The molecule has 1 aromatic rings. The molecule has 5 N–H and O–H groups in total. The van der Waals surface area contributed by atoms with Gasteiger partial charge in [0.2, 0.25) is 0 Å². The zero-order chi connectivity index (χ0) is 15.1. The molecule has 1 rings (SSSR count). The van der Waals surface area contributed by atoms with E-state index in [4.69, 9.17) is 20.1 Å². The minimum atomic E-state index is -1.80. The lowest BCUT2D eigenvalue weighted by Gasteiger charge is -2.16. The molecule has 0 bridgehead atoms. The van der Waals surface area contributed by atoms with Crippen LogP contribution in [0.15, 0.2) is 24.3 Å². The second kappa shape index (κ2) is 7.49. The fourth-order valence-electron chi connectivity index (χ4n) is 1.41. The number of aromatic hydroxyl groups is 2. The molecule has 0 unspecified atom stereocenters. The number of hydrogen-bond donors (Lipinski definition) is 5. The van der Waals surface area contributed by atoms with Gasteiger partial charge in [0.15, 0.2) is 17.6 Å². The monoisotopic (exact) mass is 284 g/mol. The number of rotatable bonds is 7. The van der Waals surface area contributed by atoms with Gasteiger partial charge in [-0.05, 0) is 17.7 Å². The van der Waals surface area contributed by atoms with Crippen LogP contribution in [0.4, 0.5) is 0 Å². The van der Waals surface area contributed by atoms with Gasteiger partial charge in [0, 0.05) is 0 Å². The summed E-state index contributed by atoms with van der Waals surface area (Å²) < 4.78 is 5.01. The van der Waals surface area contributed by atoms with Gasteiger partial charge in [-0.1, -0.05) is 18.2 Å². The van der Waals surface area contributed by atoms with E-state index in [0.717, 1.165) is 0 Å². The van der Waals surface area contributed by atoms with E-state index in [9.17, 15) is 15.0 Å². The fourth-order valence-corrected chi connectivity index (χ4v) is 1.41. The van der Waals surface area contributed by atoms with Crippen LogP contribution in [-0.2, 0) is 9.53 Å². The number of aliphatic carboxylic acids is 1. The van der Waals surface area contributed by atoms with Crippen LogP contribution in [0.1, 0.15) is 5.56 Å². The maximum atomic E-state index is 10.5. The van der Waals surface area contributed by atoms with Gasteiger partial charge in [0.25, 0.3) is 0 Å². The van der Waals surface area contributed by atoms with Gasteiger partial charge in [0.05, 0.1) is 13.2 Å². The Bertz CT molecular complexity index is 484. The first-order chi connectivity index (χ1) is 9.45. The van der Waals surface area contributed by atoms with Crippen LogP contribution in [0.25, 0.3) is 6.08 Å². The molecule has 0 aromatic heterocycles. The number of aliphatic hydroxyl groups excluding tert-OH is 2. The van der Waals surface area contributed by atoms with E-state index in [1.807, 2.05) is 0 Å². The standard InChI is InChI=1S/C13H16O7/c14-7-11(12(17)13(18)19)20-5-1-2-8-3-4-9(15)10(16)6-8/h1-4,6,11-12,14-17H,5,7H2,(H,18,19)/b2-1+/t11-,12+/m1/s1. The Hall–Kier alpha value is -2.09. The lowest BCUT2D eigenvalue weighted by molar-refractivity contribution is -0.157. The molecular formula is C13H16O7. The highest BCUT2D eigenvalue weighted by Gasteiger charge is 2.25. The van der Waals surface area contributed by atoms with E-state index in [2.05, 4.69) is 0 Å². The van der Waals surface area contributed by atoms with E-state index in [-0.39, 0.29) is 18.1 Å². The molecule has 110 valence electrons. The smallest absolute Gasteiger partial charge is 0.335 e. The van der Waals surface area contributed by atoms with E-state index < -0.39 is 24.8 Å². The third-order valence-corrected chi connectivity index (χ3v) is 2.50. The van der Waals surface area contributed by atoms with Gasteiger partial charge < -0.3 is 30.3 Å². The molecule has 0 spiro atoms. The lowest BCUT2D eigenvalue weighted by Crippen LogP contribution is -2.38. The van der Waals surface area contributed by atoms with Gasteiger partial charge in [0.1, 0.15) is 6.10 Å². The summed E-state index contributed by atoms with van der Waals surface area (Å²) in [6.45, 7) is -0.654. The summed E-state index contributed by atoms with van der Waals surface area (Å²) in [4.78, 5) is 10.5.